The molecule has 2 rings (SSSR count). The first-order valence-corrected chi connectivity index (χ1v) is 6.27. The van der Waals surface area contributed by atoms with Crippen molar-refractivity contribution in [1.29, 1.82) is 0 Å². The maximum atomic E-state index is 13.4. The van der Waals surface area contributed by atoms with E-state index < -0.39 is 5.97 Å². The van der Waals surface area contributed by atoms with E-state index in [0.717, 1.165) is 0 Å². The number of aromatic carboxylic acids is 1. The van der Waals surface area contributed by atoms with Crippen LogP contribution in [0.3, 0.4) is 0 Å². The van der Waals surface area contributed by atoms with Crippen LogP contribution in [-0.2, 0) is 0 Å². The zero-order valence-electron chi connectivity index (χ0n) is 9.52. The highest BCUT2D eigenvalue weighted by Crippen LogP contribution is 2.27. The van der Waals surface area contributed by atoms with E-state index >= 15 is 0 Å². The lowest BCUT2D eigenvalue weighted by Crippen LogP contribution is -2.07. The third-order valence-electron chi connectivity index (χ3n) is 2.43. The quantitative estimate of drug-likeness (QED) is 0.721. The van der Waals surface area contributed by atoms with Gasteiger partial charge in [-0.25, -0.2) is 14.2 Å². The number of pyridine rings is 1. The zero-order chi connectivity index (χ0) is 14.0. The fourth-order valence-corrected chi connectivity index (χ4v) is 1.98. The van der Waals surface area contributed by atoms with Crippen LogP contribution in [0.15, 0.2) is 30.5 Å². The average molecular weight is 373 g/mol. The summed E-state index contributed by atoms with van der Waals surface area (Å²) in [5.41, 5.74) is 6.15. The number of hydrogen-bond acceptors (Lipinski definition) is 4. The summed E-state index contributed by atoms with van der Waals surface area (Å²) in [5.74, 6) is -1.33. The number of benzene rings is 1. The van der Waals surface area contributed by atoms with E-state index in [2.05, 4.69) is 10.3 Å². The minimum Gasteiger partial charge on any atom is -0.478 e. The number of nitrogens with one attached hydrogen (secondary N) is 1. The normalized spacial score (nSPS) is 10.2. The molecule has 0 amide bonds. The fourth-order valence-electron chi connectivity index (χ4n) is 1.49. The molecule has 0 unspecified atom stereocenters. The second-order valence-electron chi connectivity index (χ2n) is 3.65. The third-order valence-corrected chi connectivity index (χ3v) is 3.52. The van der Waals surface area contributed by atoms with Crippen molar-refractivity contribution < 1.29 is 14.3 Å². The van der Waals surface area contributed by atoms with Crippen LogP contribution in [0.4, 0.5) is 21.6 Å². The topological polar surface area (TPSA) is 88.2 Å². The van der Waals surface area contributed by atoms with Gasteiger partial charge in [-0.1, -0.05) is 6.07 Å². The lowest BCUT2D eigenvalue weighted by atomic mass is 10.2. The first kappa shape index (κ1) is 13.5. The van der Waals surface area contributed by atoms with Crippen molar-refractivity contribution in [2.45, 2.75) is 0 Å². The SMILES string of the molecule is Nc1c(C(=O)O)ccnc1Nc1cccc(F)c1I. The van der Waals surface area contributed by atoms with Gasteiger partial charge in [0.2, 0.25) is 0 Å². The van der Waals surface area contributed by atoms with E-state index in [1.165, 1.54) is 24.4 Å². The number of carboxylic acids is 1. The number of nitrogen functional groups attached to an aromatic ring is 1. The van der Waals surface area contributed by atoms with E-state index in [9.17, 15) is 9.18 Å². The Morgan fingerprint density at radius 2 is 2.16 bits per heavy atom. The second-order valence-corrected chi connectivity index (χ2v) is 4.73. The molecule has 7 heteroatoms. The molecule has 1 aromatic carbocycles. The number of nitrogens with two attached hydrogens (primary N) is 1. The number of rotatable bonds is 3. The number of anilines is 3. The van der Waals surface area contributed by atoms with Crippen molar-refractivity contribution in [1.82, 2.24) is 4.98 Å². The van der Waals surface area contributed by atoms with Gasteiger partial charge in [0.25, 0.3) is 0 Å². The van der Waals surface area contributed by atoms with Crippen LogP contribution in [0.1, 0.15) is 10.4 Å². The number of nitrogens with zero attached hydrogens (tertiary/aromatic N) is 1. The highest BCUT2D eigenvalue weighted by Gasteiger charge is 2.13. The van der Waals surface area contributed by atoms with Gasteiger partial charge in [-0.3, -0.25) is 0 Å². The molecule has 0 spiro atoms. The van der Waals surface area contributed by atoms with Crippen LogP contribution >= 0.6 is 22.6 Å². The molecule has 0 fully saturated rings. The molecule has 0 saturated carbocycles. The van der Waals surface area contributed by atoms with Gasteiger partial charge >= 0.3 is 5.97 Å². The predicted molar refractivity (Wildman–Crippen MR) is 78.0 cm³/mol. The number of aromatic nitrogens is 1. The number of halogens is 2. The molecule has 19 heavy (non-hydrogen) atoms. The van der Waals surface area contributed by atoms with Crippen molar-refractivity contribution in [3.05, 3.63) is 45.4 Å². The molecule has 0 atom stereocenters. The third kappa shape index (κ3) is 2.75. The van der Waals surface area contributed by atoms with Gasteiger partial charge in [0.05, 0.1) is 20.5 Å². The highest BCUT2D eigenvalue weighted by molar-refractivity contribution is 14.1. The first-order valence-electron chi connectivity index (χ1n) is 5.19. The van der Waals surface area contributed by atoms with E-state index in [4.69, 9.17) is 10.8 Å². The molecule has 0 saturated heterocycles. The molecule has 98 valence electrons. The summed E-state index contributed by atoms with van der Waals surface area (Å²) in [6.45, 7) is 0. The molecule has 1 heterocycles. The van der Waals surface area contributed by atoms with E-state index in [1.807, 2.05) is 22.6 Å². The standard InChI is InChI=1S/C12H9FIN3O2/c13-7-2-1-3-8(9(7)14)17-11-10(15)6(12(18)19)4-5-16-11/h1-5H,15H2,(H,16,17)(H,18,19). The van der Waals surface area contributed by atoms with Crippen LogP contribution in [0.25, 0.3) is 0 Å². The Morgan fingerprint density at radius 1 is 1.42 bits per heavy atom. The molecule has 0 bridgehead atoms. The van der Waals surface area contributed by atoms with E-state index in [0.29, 0.717) is 9.26 Å². The summed E-state index contributed by atoms with van der Waals surface area (Å²) >= 11 is 1.84. The molecule has 2 aromatic rings. The maximum Gasteiger partial charge on any atom is 0.337 e. The Labute approximate surface area is 121 Å². The lowest BCUT2D eigenvalue weighted by Gasteiger charge is -2.11. The smallest absolute Gasteiger partial charge is 0.337 e. The molecular formula is C12H9FIN3O2. The minimum absolute atomic E-state index is 0.00932. The minimum atomic E-state index is -1.14. The van der Waals surface area contributed by atoms with E-state index in [-0.39, 0.29) is 22.9 Å². The van der Waals surface area contributed by atoms with E-state index in [1.54, 1.807) is 6.07 Å². The van der Waals surface area contributed by atoms with Gasteiger partial charge in [0.1, 0.15) is 5.82 Å². The number of carboxylic acid groups (broad SMARTS) is 1. The predicted octanol–water partition coefficient (Wildman–Crippen LogP) is 2.85. The molecular weight excluding hydrogens is 364 g/mol. The van der Waals surface area contributed by atoms with Gasteiger partial charge in [-0.15, -0.1) is 0 Å². The summed E-state index contributed by atoms with van der Waals surface area (Å²) in [6, 6.07) is 5.83. The van der Waals surface area contributed by atoms with Crippen LogP contribution in [0, 0.1) is 9.39 Å². The summed E-state index contributed by atoms with van der Waals surface area (Å²) in [4.78, 5) is 14.9. The van der Waals surface area contributed by atoms with Crippen molar-refractivity contribution in [2.75, 3.05) is 11.1 Å². The molecule has 0 radical (unpaired) electrons. The highest BCUT2D eigenvalue weighted by atomic mass is 127. The first-order chi connectivity index (χ1) is 9.00. The average Bonchev–Trinajstić information content (AvgIpc) is 2.37. The Balaban J connectivity index is 2.42. The summed E-state index contributed by atoms with van der Waals surface area (Å²) in [7, 11) is 0. The summed E-state index contributed by atoms with van der Waals surface area (Å²) < 4.78 is 13.8. The van der Waals surface area contributed by atoms with Crippen LogP contribution in [0.2, 0.25) is 0 Å². The Morgan fingerprint density at radius 3 is 2.84 bits per heavy atom. The molecule has 5 nitrogen and oxygen atoms in total. The molecule has 4 N–H and O–H groups in total. The van der Waals surface area contributed by atoms with Crippen molar-refractivity contribution in [3.8, 4) is 0 Å². The number of hydrogen-bond donors (Lipinski definition) is 3. The van der Waals surface area contributed by atoms with Crippen molar-refractivity contribution in [2.24, 2.45) is 0 Å². The molecule has 0 aliphatic carbocycles. The zero-order valence-corrected chi connectivity index (χ0v) is 11.7. The fraction of sp³-hybridized carbons (Fsp3) is 0. The van der Waals surface area contributed by atoms with Crippen LogP contribution in [0.5, 0.6) is 0 Å². The van der Waals surface area contributed by atoms with Gasteiger partial charge in [-0.2, -0.15) is 0 Å². The van der Waals surface area contributed by atoms with Gasteiger partial charge < -0.3 is 16.2 Å². The maximum absolute atomic E-state index is 13.4. The Kier molecular flexibility index (Phi) is 3.84. The molecule has 0 aliphatic rings. The van der Waals surface area contributed by atoms with Crippen LogP contribution < -0.4 is 11.1 Å². The second kappa shape index (κ2) is 5.39. The monoisotopic (exact) mass is 373 g/mol. The van der Waals surface area contributed by atoms with Gasteiger partial charge in [0.15, 0.2) is 5.82 Å². The summed E-state index contributed by atoms with van der Waals surface area (Å²) in [5, 5.41) is 11.8. The Hall–Kier alpha value is -1.90. The molecule has 0 aliphatic heterocycles. The van der Waals surface area contributed by atoms with Crippen LogP contribution in [-0.4, -0.2) is 16.1 Å². The van der Waals surface area contributed by atoms with Crippen molar-refractivity contribution in [3.63, 3.8) is 0 Å². The molecule has 1 aromatic heterocycles. The summed E-state index contributed by atoms with van der Waals surface area (Å²) in [6.07, 6.45) is 1.33. The van der Waals surface area contributed by atoms with Crippen molar-refractivity contribution >= 4 is 45.8 Å². The van der Waals surface area contributed by atoms with Gasteiger partial charge in [0, 0.05) is 6.20 Å². The largest absolute Gasteiger partial charge is 0.478 e. The number of carbonyl (C=O) groups is 1. The van der Waals surface area contributed by atoms with Gasteiger partial charge in [-0.05, 0) is 40.8 Å². The lowest BCUT2D eigenvalue weighted by molar-refractivity contribution is 0.0698. The Bertz CT molecular complexity index is 649.